The standard InChI is InChI=1S/C12H17ClN2O3/c1-10(13)12(17)15(6-8-16)7-9-18-11-4-2-3-5-14-11/h2-5,10,16H,6-9H2,1H3. The van der Waals surface area contributed by atoms with E-state index >= 15 is 0 Å². The van der Waals surface area contributed by atoms with Crippen LogP contribution in [0.25, 0.3) is 0 Å². The molecule has 0 aromatic carbocycles. The number of ether oxygens (including phenoxy) is 1. The third-order valence-corrected chi connectivity index (χ3v) is 2.46. The molecule has 6 heteroatoms. The fraction of sp³-hybridized carbons (Fsp3) is 0.500. The number of halogens is 1. The van der Waals surface area contributed by atoms with Crippen LogP contribution in [0.4, 0.5) is 0 Å². The normalized spacial score (nSPS) is 11.9. The minimum Gasteiger partial charge on any atom is -0.476 e. The molecule has 0 aliphatic rings. The Morgan fingerprint density at radius 1 is 1.56 bits per heavy atom. The van der Waals surface area contributed by atoms with Gasteiger partial charge in [0, 0.05) is 18.8 Å². The molecular formula is C12H17ClN2O3. The molecule has 0 saturated carbocycles. The van der Waals surface area contributed by atoms with E-state index in [9.17, 15) is 4.79 Å². The first kappa shape index (κ1) is 14.7. The molecule has 1 rings (SSSR count). The quantitative estimate of drug-likeness (QED) is 0.750. The number of aliphatic hydroxyl groups excluding tert-OH is 1. The van der Waals surface area contributed by atoms with Gasteiger partial charge in [0.2, 0.25) is 11.8 Å². The molecule has 1 aromatic heterocycles. The van der Waals surface area contributed by atoms with Crippen molar-refractivity contribution in [2.45, 2.75) is 12.3 Å². The lowest BCUT2D eigenvalue weighted by Gasteiger charge is -2.22. The molecule has 1 unspecified atom stereocenters. The minimum atomic E-state index is -0.605. The molecule has 0 aliphatic heterocycles. The van der Waals surface area contributed by atoms with Crippen LogP contribution in [0.5, 0.6) is 5.88 Å². The van der Waals surface area contributed by atoms with Crippen LogP contribution in [-0.2, 0) is 4.79 Å². The van der Waals surface area contributed by atoms with Gasteiger partial charge in [-0.3, -0.25) is 4.79 Å². The molecule has 0 spiro atoms. The number of rotatable bonds is 7. The number of pyridine rings is 1. The summed E-state index contributed by atoms with van der Waals surface area (Å²) in [4.78, 5) is 17.2. The highest BCUT2D eigenvalue weighted by atomic mass is 35.5. The van der Waals surface area contributed by atoms with E-state index in [-0.39, 0.29) is 19.1 Å². The maximum atomic E-state index is 11.7. The van der Waals surface area contributed by atoms with Crippen molar-refractivity contribution in [3.63, 3.8) is 0 Å². The average Bonchev–Trinajstić information content (AvgIpc) is 2.38. The molecule has 1 amide bonds. The van der Waals surface area contributed by atoms with Gasteiger partial charge in [-0.2, -0.15) is 0 Å². The van der Waals surface area contributed by atoms with E-state index in [0.717, 1.165) is 0 Å². The second kappa shape index (κ2) is 7.89. The topological polar surface area (TPSA) is 62.7 Å². The maximum absolute atomic E-state index is 11.7. The number of amides is 1. The molecule has 1 aromatic rings. The van der Waals surface area contributed by atoms with Gasteiger partial charge in [-0.15, -0.1) is 11.6 Å². The first-order valence-corrected chi connectivity index (χ1v) is 6.16. The summed E-state index contributed by atoms with van der Waals surface area (Å²) in [6.45, 7) is 2.44. The van der Waals surface area contributed by atoms with Crippen LogP contribution in [0, 0.1) is 0 Å². The van der Waals surface area contributed by atoms with Crippen molar-refractivity contribution in [2.75, 3.05) is 26.3 Å². The Morgan fingerprint density at radius 3 is 2.89 bits per heavy atom. The number of carbonyl (C=O) groups excluding carboxylic acids is 1. The van der Waals surface area contributed by atoms with Gasteiger partial charge < -0.3 is 14.7 Å². The Hall–Kier alpha value is -1.33. The molecular weight excluding hydrogens is 256 g/mol. The van der Waals surface area contributed by atoms with Gasteiger partial charge in [0.15, 0.2) is 0 Å². The van der Waals surface area contributed by atoms with Gasteiger partial charge in [-0.25, -0.2) is 4.98 Å². The van der Waals surface area contributed by atoms with Crippen molar-refractivity contribution < 1.29 is 14.6 Å². The Kier molecular flexibility index (Phi) is 6.46. The van der Waals surface area contributed by atoms with Gasteiger partial charge in [-0.1, -0.05) is 6.07 Å². The summed E-state index contributed by atoms with van der Waals surface area (Å²) in [5.74, 6) is 0.295. The third-order valence-electron chi connectivity index (χ3n) is 2.27. The van der Waals surface area contributed by atoms with Crippen LogP contribution >= 0.6 is 11.6 Å². The number of carbonyl (C=O) groups is 1. The Morgan fingerprint density at radius 2 is 2.33 bits per heavy atom. The summed E-state index contributed by atoms with van der Waals surface area (Å²) in [7, 11) is 0. The zero-order valence-corrected chi connectivity index (χ0v) is 11.0. The number of alkyl halides is 1. The van der Waals surface area contributed by atoms with Crippen LogP contribution in [0.15, 0.2) is 24.4 Å². The van der Waals surface area contributed by atoms with Gasteiger partial charge in [-0.05, 0) is 13.0 Å². The van der Waals surface area contributed by atoms with Gasteiger partial charge in [0.1, 0.15) is 12.0 Å². The largest absolute Gasteiger partial charge is 0.476 e. The molecule has 1 atom stereocenters. The van der Waals surface area contributed by atoms with Crippen molar-refractivity contribution in [1.82, 2.24) is 9.88 Å². The molecule has 0 bridgehead atoms. The summed E-state index contributed by atoms with van der Waals surface area (Å²) in [5, 5.41) is 8.29. The molecule has 5 nitrogen and oxygen atoms in total. The first-order valence-electron chi connectivity index (χ1n) is 5.72. The smallest absolute Gasteiger partial charge is 0.240 e. The van der Waals surface area contributed by atoms with E-state index in [1.165, 1.54) is 4.90 Å². The lowest BCUT2D eigenvalue weighted by molar-refractivity contribution is -0.131. The van der Waals surface area contributed by atoms with Crippen molar-refractivity contribution in [2.24, 2.45) is 0 Å². The van der Waals surface area contributed by atoms with E-state index in [0.29, 0.717) is 19.0 Å². The van der Waals surface area contributed by atoms with Crippen LogP contribution in [-0.4, -0.2) is 52.6 Å². The monoisotopic (exact) mass is 272 g/mol. The highest BCUT2D eigenvalue weighted by molar-refractivity contribution is 6.30. The van der Waals surface area contributed by atoms with Crippen molar-refractivity contribution in [1.29, 1.82) is 0 Å². The van der Waals surface area contributed by atoms with E-state index in [2.05, 4.69) is 4.98 Å². The first-order chi connectivity index (χ1) is 8.65. The summed E-state index contributed by atoms with van der Waals surface area (Å²) < 4.78 is 5.38. The Labute approximate surface area is 111 Å². The van der Waals surface area contributed by atoms with Crippen molar-refractivity contribution >= 4 is 17.5 Å². The second-order valence-electron chi connectivity index (χ2n) is 3.68. The highest BCUT2D eigenvalue weighted by Crippen LogP contribution is 2.05. The van der Waals surface area contributed by atoms with E-state index in [1.54, 1.807) is 25.3 Å². The SMILES string of the molecule is CC(Cl)C(=O)N(CCO)CCOc1ccccn1. The van der Waals surface area contributed by atoms with Crippen LogP contribution < -0.4 is 4.74 Å². The predicted octanol–water partition coefficient (Wildman–Crippen LogP) is 0.909. The lowest BCUT2D eigenvalue weighted by atomic mass is 10.3. The Balaban J connectivity index is 2.40. The molecule has 1 heterocycles. The fourth-order valence-electron chi connectivity index (χ4n) is 1.40. The van der Waals surface area contributed by atoms with E-state index < -0.39 is 5.38 Å². The van der Waals surface area contributed by atoms with Gasteiger partial charge >= 0.3 is 0 Å². The number of hydrogen-bond donors (Lipinski definition) is 1. The van der Waals surface area contributed by atoms with Crippen LogP contribution in [0.2, 0.25) is 0 Å². The molecule has 100 valence electrons. The molecule has 0 fully saturated rings. The summed E-state index contributed by atoms with van der Waals surface area (Å²) in [6, 6.07) is 5.35. The van der Waals surface area contributed by atoms with Crippen molar-refractivity contribution in [3.05, 3.63) is 24.4 Å². The van der Waals surface area contributed by atoms with Gasteiger partial charge in [0.05, 0.1) is 13.2 Å². The van der Waals surface area contributed by atoms with Crippen molar-refractivity contribution in [3.8, 4) is 5.88 Å². The zero-order chi connectivity index (χ0) is 13.4. The van der Waals surface area contributed by atoms with Gasteiger partial charge in [0.25, 0.3) is 0 Å². The fourth-order valence-corrected chi connectivity index (χ4v) is 1.54. The molecule has 1 N–H and O–H groups in total. The summed E-state index contributed by atoms with van der Waals surface area (Å²) in [5.41, 5.74) is 0. The lowest BCUT2D eigenvalue weighted by Crippen LogP contribution is -2.40. The zero-order valence-electron chi connectivity index (χ0n) is 10.3. The van der Waals surface area contributed by atoms with E-state index in [4.69, 9.17) is 21.4 Å². The molecule has 0 radical (unpaired) electrons. The average molecular weight is 273 g/mol. The molecule has 0 saturated heterocycles. The predicted molar refractivity (Wildman–Crippen MR) is 68.7 cm³/mol. The third kappa shape index (κ3) is 4.89. The van der Waals surface area contributed by atoms with Crippen LogP contribution in [0.1, 0.15) is 6.92 Å². The minimum absolute atomic E-state index is 0.0983. The van der Waals surface area contributed by atoms with E-state index in [1.807, 2.05) is 6.07 Å². The second-order valence-corrected chi connectivity index (χ2v) is 4.34. The molecule has 0 aliphatic carbocycles. The summed E-state index contributed by atoms with van der Waals surface area (Å²) in [6.07, 6.45) is 1.63. The number of nitrogens with zero attached hydrogens (tertiary/aromatic N) is 2. The number of aromatic nitrogens is 1. The van der Waals surface area contributed by atoms with Crippen LogP contribution in [0.3, 0.4) is 0 Å². The number of aliphatic hydroxyl groups is 1. The maximum Gasteiger partial charge on any atom is 0.240 e. The summed E-state index contributed by atoms with van der Waals surface area (Å²) >= 11 is 5.73. The number of hydrogen-bond acceptors (Lipinski definition) is 4. The highest BCUT2D eigenvalue weighted by Gasteiger charge is 2.17. The molecule has 18 heavy (non-hydrogen) atoms. The Bertz CT molecular complexity index is 360.